The number of carbonyl (C=O) groups is 7. The smallest absolute Gasteiger partial charge is 0.347 e. The lowest BCUT2D eigenvalue weighted by Gasteiger charge is -2.59. The molecule has 13 fully saturated rings. The van der Waals surface area contributed by atoms with E-state index in [2.05, 4.69) is 20.8 Å². The lowest BCUT2D eigenvalue weighted by Crippen LogP contribution is -2.61. The zero-order valence-corrected chi connectivity index (χ0v) is 57.3. The van der Waals surface area contributed by atoms with Crippen molar-refractivity contribution in [3.05, 3.63) is 0 Å². The van der Waals surface area contributed by atoms with E-state index in [9.17, 15) is 38.7 Å². The van der Waals surface area contributed by atoms with Crippen LogP contribution in [-0.4, -0.2) is 106 Å². The molecule has 10 bridgehead atoms. The minimum Gasteiger partial charge on any atom is -0.463 e. The average molecular weight is 1240 g/mol. The SMILES string of the molecule is CCC(C)(C)C(=O)OC1(CC)CC2CC1C1C3CCC(C3)C21.CCC(C)(C)C(=O)OC12CC3CC(CC(O)(C3)C1)C2.CCC(C)(C)C(=O)OC1C2CC3C(=O)OC1C3O2.CCC(C)(C)C(=O)OC1CCOC1=O.CCC1(OC(=O)C(C)(C)CC)CCCC1. The van der Waals surface area contributed by atoms with Gasteiger partial charge in [-0.25, -0.2) is 4.79 Å². The van der Waals surface area contributed by atoms with Crippen molar-refractivity contribution in [1.29, 1.82) is 0 Å². The van der Waals surface area contributed by atoms with Gasteiger partial charge in [0.25, 0.3) is 0 Å². The molecule has 13 rings (SSSR count). The predicted molar refractivity (Wildman–Crippen MR) is 332 cm³/mol. The highest BCUT2D eigenvalue weighted by Gasteiger charge is 2.69. The Bertz CT molecular complexity index is 2520. The lowest BCUT2D eigenvalue weighted by atomic mass is 9.52. The number of rotatable bonds is 17. The minimum atomic E-state index is -0.687. The van der Waals surface area contributed by atoms with Gasteiger partial charge >= 0.3 is 41.8 Å². The zero-order chi connectivity index (χ0) is 65.0. The number of hydrogen-bond donors (Lipinski definition) is 1. The van der Waals surface area contributed by atoms with Crippen LogP contribution in [0.5, 0.6) is 0 Å². The summed E-state index contributed by atoms with van der Waals surface area (Å²) in [6.45, 7) is 33.9. The third kappa shape index (κ3) is 14.2. The first kappa shape index (κ1) is 70.1. The summed E-state index contributed by atoms with van der Waals surface area (Å²) in [6.07, 6.45) is 22.2. The van der Waals surface area contributed by atoms with Crippen molar-refractivity contribution in [1.82, 2.24) is 0 Å². The van der Waals surface area contributed by atoms with E-state index < -0.39 is 46.1 Å². The first-order valence-corrected chi connectivity index (χ1v) is 34.9. The van der Waals surface area contributed by atoms with Crippen molar-refractivity contribution in [2.75, 3.05) is 6.61 Å². The number of hydrogen-bond acceptors (Lipinski definition) is 16. The Kier molecular flexibility index (Phi) is 21.0. The summed E-state index contributed by atoms with van der Waals surface area (Å²) in [5, 5.41) is 10.6. The van der Waals surface area contributed by atoms with Gasteiger partial charge in [0, 0.05) is 18.8 Å². The third-order valence-electron chi connectivity index (χ3n) is 24.9. The van der Waals surface area contributed by atoms with E-state index in [1.165, 1.54) is 44.9 Å². The zero-order valence-electron chi connectivity index (χ0n) is 57.3. The highest BCUT2D eigenvalue weighted by atomic mass is 16.7. The molecule has 0 spiro atoms. The second-order valence-corrected chi connectivity index (χ2v) is 32.8. The molecule has 13 aliphatic rings. The van der Waals surface area contributed by atoms with Gasteiger partial charge in [-0.1, -0.05) is 48.5 Å². The maximum absolute atomic E-state index is 12.7. The topological polar surface area (TPSA) is 214 Å². The highest BCUT2D eigenvalue weighted by molar-refractivity contribution is 5.83. The number of ether oxygens (including phenoxy) is 8. The minimum absolute atomic E-state index is 0.0197. The van der Waals surface area contributed by atoms with E-state index in [-0.39, 0.29) is 81.6 Å². The summed E-state index contributed by atoms with van der Waals surface area (Å²) in [4.78, 5) is 83.3. The van der Waals surface area contributed by atoms with Crippen LogP contribution >= 0.6 is 0 Å². The Balaban J connectivity index is 0.000000144. The fourth-order valence-corrected chi connectivity index (χ4v) is 17.3. The van der Waals surface area contributed by atoms with Crippen molar-refractivity contribution >= 4 is 41.8 Å². The fourth-order valence-electron chi connectivity index (χ4n) is 17.3. The summed E-state index contributed by atoms with van der Waals surface area (Å²) in [7, 11) is 0. The number of carbonyl (C=O) groups excluding carboxylic acids is 7. The van der Waals surface area contributed by atoms with Crippen LogP contribution in [-0.2, 0) is 71.5 Å². The van der Waals surface area contributed by atoms with Crippen LogP contribution in [0, 0.1) is 80.3 Å². The number of fused-ring (bicyclic) bond motifs is 10. The van der Waals surface area contributed by atoms with Crippen LogP contribution in [0.2, 0.25) is 0 Å². The number of cyclic esters (lactones) is 1. The molecule has 16 heteroatoms. The summed E-state index contributed by atoms with van der Waals surface area (Å²) in [6, 6.07) is 0. The molecule has 9 saturated carbocycles. The molecule has 15 unspecified atom stereocenters. The van der Waals surface area contributed by atoms with E-state index in [1.54, 1.807) is 13.8 Å². The van der Waals surface area contributed by atoms with E-state index >= 15 is 0 Å². The molecule has 0 aromatic heterocycles. The van der Waals surface area contributed by atoms with Gasteiger partial charge in [-0.05, 0) is 252 Å². The molecule has 9 aliphatic carbocycles. The largest absolute Gasteiger partial charge is 0.463 e. The Hall–Kier alpha value is -3.79. The number of aliphatic hydroxyl groups is 1. The Labute approximate surface area is 527 Å². The summed E-state index contributed by atoms with van der Waals surface area (Å²) in [5.74, 6) is 5.07. The molecule has 500 valence electrons. The maximum Gasteiger partial charge on any atom is 0.347 e. The summed E-state index contributed by atoms with van der Waals surface area (Å²) in [5.41, 5.74) is -3.28. The normalized spacial score (nSPS) is 37.1. The van der Waals surface area contributed by atoms with Crippen molar-refractivity contribution in [2.45, 2.75) is 325 Å². The van der Waals surface area contributed by atoms with Crippen LogP contribution < -0.4 is 0 Å². The van der Waals surface area contributed by atoms with Gasteiger partial charge in [0.2, 0.25) is 6.10 Å². The van der Waals surface area contributed by atoms with Gasteiger partial charge < -0.3 is 43.0 Å². The maximum atomic E-state index is 12.7. The van der Waals surface area contributed by atoms with E-state index in [1.807, 2.05) is 83.1 Å². The highest BCUT2D eigenvalue weighted by Crippen LogP contribution is 2.71. The van der Waals surface area contributed by atoms with Gasteiger partial charge in [-0.2, -0.15) is 0 Å². The molecule has 4 aliphatic heterocycles. The Morgan fingerprint density at radius 2 is 1.05 bits per heavy atom. The molecule has 0 amide bonds. The van der Waals surface area contributed by atoms with Crippen molar-refractivity contribution < 1.29 is 76.6 Å². The third-order valence-corrected chi connectivity index (χ3v) is 24.9. The van der Waals surface area contributed by atoms with Crippen molar-refractivity contribution in [3.63, 3.8) is 0 Å². The van der Waals surface area contributed by atoms with Gasteiger partial charge in [0.05, 0.1) is 51.3 Å². The molecule has 1 N–H and O–H groups in total. The van der Waals surface area contributed by atoms with Crippen LogP contribution in [0.15, 0.2) is 0 Å². The van der Waals surface area contributed by atoms with E-state index in [4.69, 9.17) is 37.9 Å². The molecule has 4 heterocycles. The predicted octanol–water partition coefficient (Wildman–Crippen LogP) is 13.9. The second kappa shape index (κ2) is 26.3. The second-order valence-electron chi connectivity index (χ2n) is 32.8. The Morgan fingerprint density at radius 1 is 0.534 bits per heavy atom. The van der Waals surface area contributed by atoms with Gasteiger partial charge in [0.15, 0.2) is 12.2 Å². The molecule has 88 heavy (non-hydrogen) atoms. The molecular formula is C72H116O16. The van der Waals surface area contributed by atoms with Crippen LogP contribution in [0.25, 0.3) is 0 Å². The fraction of sp³-hybridized carbons (Fsp3) is 0.903. The quantitative estimate of drug-likeness (QED) is 0.0814. The van der Waals surface area contributed by atoms with Crippen molar-refractivity contribution in [2.24, 2.45) is 80.3 Å². The lowest BCUT2D eigenvalue weighted by molar-refractivity contribution is -0.225. The van der Waals surface area contributed by atoms with Gasteiger partial charge in [-0.3, -0.25) is 28.8 Å². The molecule has 0 aromatic carbocycles. The van der Waals surface area contributed by atoms with Gasteiger partial charge in [0.1, 0.15) is 22.9 Å². The average Bonchev–Trinajstić information content (AvgIpc) is 1.48. The molecule has 16 nitrogen and oxygen atoms in total. The molecule has 4 saturated heterocycles. The first-order chi connectivity index (χ1) is 41.0. The molecule has 15 atom stereocenters. The summed E-state index contributed by atoms with van der Waals surface area (Å²) >= 11 is 0. The first-order valence-electron chi connectivity index (χ1n) is 34.9. The van der Waals surface area contributed by atoms with E-state index in [0.717, 1.165) is 107 Å². The molecular weight excluding hydrogens is 1120 g/mol. The van der Waals surface area contributed by atoms with Crippen LogP contribution in [0.3, 0.4) is 0 Å². The van der Waals surface area contributed by atoms with Crippen molar-refractivity contribution in [3.8, 4) is 0 Å². The summed E-state index contributed by atoms with van der Waals surface area (Å²) < 4.78 is 44.3. The monoisotopic (exact) mass is 1240 g/mol. The number of esters is 7. The Morgan fingerprint density at radius 3 is 1.55 bits per heavy atom. The van der Waals surface area contributed by atoms with Crippen LogP contribution in [0.1, 0.15) is 272 Å². The van der Waals surface area contributed by atoms with E-state index in [0.29, 0.717) is 56.5 Å². The van der Waals surface area contributed by atoms with Crippen LogP contribution in [0.4, 0.5) is 0 Å². The van der Waals surface area contributed by atoms with Gasteiger partial charge in [-0.15, -0.1) is 0 Å². The molecule has 0 radical (unpaired) electrons. The standard InChI is InChI=1S/C20H32O2.C16H26O3.C13H18O5.C13H24O2.C10H16O4/c1-5-19(3,4)18(21)22-20(6-2)11-14-10-15(20)17-13-8-7-12(9-13)16(14)17;1-4-14(2,3)13(17)19-16-8-11-5-12(9-16)7-15(18,6-11)10-16;1-4-13(2,3)12(15)18-9-7-5-6-8(16-7)10(9)17-11(6)14;1-5-12(3,4)11(14)15-13(6-2)9-7-8-10-13;1-4-10(2,3)9(12)14-7-5-6-13-8(7)11/h12-17H,5-11H2,1-4H3;11-12,18H,4-10H2,1-3H3;6-10H,4-5H2,1-3H3;5-10H2,1-4H3;7H,4-6H2,1-3H3. The molecule has 0 aromatic rings.